The second-order valence-electron chi connectivity index (χ2n) is 9.21. The van der Waals surface area contributed by atoms with Crippen molar-refractivity contribution in [2.75, 3.05) is 13.2 Å². The summed E-state index contributed by atoms with van der Waals surface area (Å²) in [5.74, 6) is -0.252. The number of ketones is 2. The minimum atomic E-state index is -2.60. The average molecular weight is 522 g/mol. The molecule has 0 radical (unpaired) electrons. The lowest BCUT2D eigenvalue weighted by atomic mass is 9.75. The predicted octanol–water partition coefficient (Wildman–Crippen LogP) is 7.15. The fourth-order valence-electron chi connectivity index (χ4n) is 5.49. The molecule has 2 fully saturated rings. The average Bonchev–Trinajstić information content (AvgIpc) is 3.53. The molecule has 2 aromatic carbocycles. The highest BCUT2D eigenvalue weighted by atomic mass is 35.5. The van der Waals surface area contributed by atoms with Crippen molar-refractivity contribution in [3.63, 3.8) is 0 Å². The molecule has 0 spiro atoms. The molecule has 0 heterocycles. The fraction of sp³-hybridized carbons (Fsp3) is 0.462. The van der Waals surface area contributed by atoms with Crippen molar-refractivity contribution < 1.29 is 23.2 Å². The third-order valence-electron chi connectivity index (χ3n) is 7.38. The van der Waals surface area contributed by atoms with Crippen molar-refractivity contribution in [2.24, 2.45) is 0 Å². The van der Waals surface area contributed by atoms with Crippen LogP contribution in [0.15, 0.2) is 48.5 Å². The molecule has 0 atom stereocenters. The van der Waals surface area contributed by atoms with Gasteiger partial charge in [0.15, 0.2) is 24.8 Å². The quantitative estimate of drug-likeness (QED) is 0.310. The van der Waals surface area contributed by atoms with Crippen molar-refractivity contribution in [1.29, 1.82) is 0 Å². The molecule has 0 bridgehead atoms. The maximum Gasteiger partial charge on any atom is 0.698 e. The molecule has 8 heteroatoms. The Labute approximate surface area is 211 Å². The van der Waals surface area contributed by atoms with E-state index in [2.05, 4.69) is 0 Å². The Hall–Kier alpha value is -1.62. The van der Waals surface area contributed by atoms with Crippen LogP contribution in [0.4, 0.5) is 0 Å². The first-order valence-electron chi connectivity index (χ1n) is 11.7. The standard InChI is InChI=1S/C26H28Cl2O5P/c27-21-9-5-19(6-10-21)25(13-1-2-14-25)23(29)17-32-34(31)33-18-24(30)26(15-3-4-16-26)20-7-11-22(28)12-8-20/h5-12H,1-4,13-18H2/q+1. The lowest BCUT2D eigenvalue weighted by molar-refractivity contribution is -0.127. The molecule has 5 nitrogen and oxygen atoms in total. The van der Waals surface area contributed by atoms with Crippen LogP contribution in [0.2, 0.25) is 10.0 Å². The fourth-order valence-corrected chi connectivity index (χ4v) is 6.26. The van der Waals surface area contributed by atoms with E-state index in [4.69, 9.17) is 32.2 Å². The van der Waals surface area contributed by atoms with Gasteiger partial charge in [-0.05, 0) is 61.1 Å². The SMILES string of the molecule is O=C(CO[P+](=O)OCC(=O)C1(c2ccc(Cl)cc2)CCCC1)C1(c2ccc(Cl)cc2)CCCC1. The van der Waals surface area contributed by atoms with Crippen molar-refractivity contribution >= 4 is 43.0 Å². The molecule has 0 amide bonds. The summed E-state index contributed by atoms with van der Waals surface area (Å²) in [5.41, 5.74) is 0.499. The van der Waals surface area contributed by atoms with Crippen LogP contribution in [0, 0.1) is 0 Å². The van der Waals surface area contributed by atoms with Crippen LogP contribution in [0.5, 0.6) is 0 Å². The maximum absolute atomic E-state index is 13.1. The number of Topliss-reactive ketones (excluding diaryl/α,β-unsaturated/α-hetero) is 2. The smallest absolute Gasteiger partial charge is 0.296 e. The van der Waals surface area contributed by atoms with E-state index >= 15 is 0 Å². The highest BCUT2D eigenvalue weighted by Crippen LogP contribution is 2.44. The summed E-state index contributed by atoms with van der Waals surface area (Å²) in [7, 11) is -2.60. The Morgan fingerprint density at radius 2 is 1.00 bits per heavy atom. The molecule has 0 N–H and O–H groups in total. The zero-order valence-corrected chi connectivity index (χ0v) is 21.3. The third kappa shape index (κ3) is 5.29. The minimum absolute atomic E-state index is 0.126. The van der Waals surface area contributed by atoms with E-state index in [0.717, 1.165) is 62.5 Å². The summed E-state index contributed by atoms with van der Waals surface area (Å²) < 4.78 is 23.0. The van der Waals surface area contributed by atoms with Gasteiger partial charge in [0.2, 0.25) is 0 Å². The van der Waals surface area contributed by atoms with Crippen LogP contribution in [0.1, 0.15) is 62.5 Å². The van der Waals surface area contributed by atoms with Gasteiger partial charge in [0, 0.05) is 14.6 Å². The molecule has 0 unspecified atom stereocenters. The van der Waals surface area contributed by atoms with Crippen molar-refractivity contribution in [1.82, 2.24) is 0 Å². The van der Waals surface area contributed by atoms with Crippen LogP contribution >= 0.6 is 31.5 Å². The number of rotatable bonds is 10. The first-order valence-corrected chi connectivity index (χ1v) is 13.5. The molecular weight excluding hydrogens is 494 g/mol. The van der Waals surface area contributed by atoms with E-state index < -0.39 is 19.1 Å². The lowest BCUT2D eigenvalue weighted by Crippen LogP contribution is -2.36. The van der Waals surface area contributed by atoms with E-state index in [1.165, 1.54) is 0 Å². The van der Waals surface area contributed by atoms with Gasteiger partial charge in [-0.2, -0.15) is 0 Å². The number of carbonyl (C=O) groups is 2. The topological polar surface area (TPSA) is 69.7 Å². The lowest BCUT2D eigenvalue weighted by Gasteiger charge is -2.27. The second kappa shape index (κ2) is 11.0. The maximum atomic E-state index is 13.1. The normalized spacial score (nSPS) is 18.6. The van der Waals surface area contributed by atoms with Gasteiger partial charge in [-0.25, -0.2) is 0 Å². The van der Waals surface area contributed by atoms with Gasteiger partial charge < -0.3 is 0 Å². The second-order valence-corrected chi connectivity index (χ2v) is 11.0. The molecule has 34 heavy (non-hydrogen) atoms. The zero-order valence-electron chi connectivity index (χ0n) is 18.9. The number of hydrogen-bond acceptors (Lipinski definition) is 5. The molecule has 2 aromatic rings. The molecule has 2 saturated carbocycles. The minimum Gasteiger partial charge on any atom is -0.296 e. The van der Waals surface area contributed by atoms with Gasteiger partial charge in [0.25, 0.3) is 0 Å². The van der Waals surface area contributed by atoms with Gasteiger partial charge >= 0.3 is 8.25 Å². The third-order valence-corrected chi connectivity index (χ3v) is 8.56. The predicted molar refractivity (Wildman–Crippen MR) is 133 cm³/mol. The largest absolute Gasteiger partial charge is 0.698 e. The van der Waals surface area contributed by atoms with Gasteiger partial charge in [0.1, 0.15) is 0 Å². The highest BCUT2D eigenvalue weighted by Gasteiger charge is 2.45. The van der Waals surface area contributed by atoms with E-state index in [-0.39, 0.29) is 24.8 Å². The molecular formula is C26H28Cl2O5P+. The summed E-state index contributed by atoms with van der Waals surface area (Å²) in [5, 5.41) is 1.22. The number of carbonyl (C=O) groups excluding carboxylic acids is 2. The molecule has 0 aliphatic heterocycles. The molecule has 0 saturated heterocycles. The molecule has 180 valence electrons. The van der Waals surface area contributed by atoms with Crippen LogP contribution < -0.4 is 0 Å². The van der Waals surface area contributed by atoms with Crippen LogP contribution in [-0.4, -0.2) is 24.8 Å². The molecule has 2 aliphatic rings. The van der Waals surface area contributed by atoms with E-state index in [1.807, 2.05) is 24.3 Å². The number of hydrogen-bond donors (Lipinski definition) is 0. The number of halogens is 2. The molecule has 4 rings (SSSR count). The van der Waals surface area contributed by atoms with Gasteiger partial charge in [-0.3, -0.25) is 9.59 Å². The van der Waals surface area contributed by atoms with Gasteiger partial charge in [-0.15, -0.1) is 9.05 Å². The van der Waals surface area contributed by atoms with E-state index in [1.54, 1.807) is 24.3 Å². The first-order chi connectivity index (χ1) is 16.4. The van der Waals surface area contributed by atoms with Crippen LogP contribution in [0.3, 0.4) is 0 Å². The summed E-state index contributed by atoms with van der Waals surface area (Å²) in [6.45, 7) is -0.650. The first kappa shape index (κ1) is 25.5. The summed E-state index contributed by atoms with van der Waals surface area (Å²) in [6, 6.07) is 14.6. The molecule has 0 aromatic heterocycles. The van der Waals surface area contributed by atoms with Crippen molar-refractivity contribution in [2.45, 2.75) is 62.2 Å². The zero-order chi connectivity index (χ0) is 24.2. The molecule has 2 aliphatic carbocycles. The Morgan fingerprint density at radius 3 is 1.32 bits per heavy atom. The van der Waals surface area contributed by atoms with E-state index in [9.17, 15) is 14.2 Å². The Kier molecular flexibility index (Phi) is 8.22. The number of benzene rings is 2. The van der Waals surface area contributed by atoms with Crippen molar-refractivity contribution in [3.05, 3.63) is 69.7 Å². The Balaban J connectivity index is 1.35. The monoisotopic (exact) mass is 521 g/mol. The summed E-state index contributed by atoms with van der Waals surface area (Å²) in [6.07, 6.45) is 6.65. The Morgan fingerprint density at radius 1 is 0.676 bits per heavy atom. The van der Waals surface area contributed by atoms with Crippen LogP contribution in [-0.2, 0) is 34.0 Å². The van der Waals surface area contributed by atoms with Crippen molar-refractivity contribution in [3.8, 4) is 0 Å². The highest BCUT2D eigenvalue weighted by molar-refractivity contribution is 7.33. The van der Waals surface area contributed by atoms with Gasteiger partial charge in [0.05, 0.1) is 10.8 Å². The summed E-state index contributed by atoms with van der Waals surface area (Å²) in [4.78, 5) is 26.3. The summed E-state index contributed by atoms with van der Waals surface area (Å²) >= 11 is 12.0. The van der Waals surface area contributed by atoms with E-state index in [0.29, 0.717) is 10.0 Å². The Bertz CT molecular complexity index is 956. The van der Waals surface area contributed by atoms with Crippen LogP contribution in [0.25, 0.3) is 0 Å². The van der Waals surface area contributed by atoms with Gasteiger partial charge in [-0.1, -0.05) is 73.2 Å².